The van der Waals surface area contributed by atoms with Crippen molar-refractivity contribution in [2.75, 3.05) is 23.3 Å². The van der Waals surface area contributed by atoms with Crippen molar-refractivity contribution in [3.8, 4) is 0 Å². The topological polar surface area (TPSA) is 63.8 Å². The number of unbranched alkanes of at least 4 members (excludes halogenated alkanes) is 2. The lowest BCUT2D eigenvalue weighted by atomic mass is 10.3. The van der Waals surface area contributed by atoms with Crippen molar-refractivity contribution < 1.29 is 0 Å². The number of rotatable bonds is 7. The molecule has 0 aromatic carbocycles. The Morgan fingerprint density at radius 3 is 2.81 bits per heavy atom. The van der Waals surface area contributed by atoms with Gasteiger partial charge in [0.2, 0.25) is 5.95 Å². The van der Waals surface area contributed by atoms with E-state index in [1.165, 1.54) is 19.3 Å². The number of hydrogen-bond donors (Lipinski definition) is 2. The average Bonchev–Trinajstić information content (AvgIpc) is 2.24. The summed E-state index contributed by atoms with van der Waals surface area (Å²) in [5, 5.41) is 4.10. The molecule has 0 atom stereocenters. The number of thioether (sulfide) groups is 1. The summed E-state index contributed by atoms with van der Waals surface area (Å²) in [6.07, 6.45) is 3.74. The molecule has 4 nitrogen and oxygen atoms in total. The zero-order chi connectivity index (χ0) is 11.8. The Kier molecular flexibility index (Phi) is 6.00. The molecule has 1 heterocycles. The Bertz CT molecular complexity index is 317. The highest BCUT2D eigenvalue weighted by atomic mass is 32.2. The Labute approximate surface area is 101 Å². The number of nitrogens with one attached hydrogen (secondary N) is 1. The molecule has 1 aromatic heterocycles. The molecule has 3 N–H and O–H groups in total. The van der Waals surface area contributed by atoms with E-state index in [1.807, 2.05) is 13.0 Å². The summed E-state index contributed by atoms with van der Waals surface area (Å²) in [6, 6.07) is 1.95. The van der Waals surface area contributed by atoms with Crippen LogP contribution in [0.15, 0.2) is 11.1 Å². The Hall–Kier alpha value is -0.970. The normalized spacial score (nSPS) is 10.4. The summed E-state index contributed by atoms with van der Waals surface area (Å²) in [6.45, 7) is 5.08. The molecule has 0 saturated heterocycles. The van der Waals surface area contributed by atoms with Gasteiger partial charge in [-0.1, -0.05) is 19.8 Å². The van der Waals surface area contributed by atoms with Gasteiger partial charge < -0.3 is 11.1 Å². The lowest BCUT2D eigenvalue weighted by molar-refractivity contribution is 0.778. The van der Waals surface area contributed by atoms with Crippen LogP contribution in [0.1, 0.15) is 33.1 Å². The first-order valence-corrected chi connectivity index (χ1v) is 6.76. The van der Waals surface area contributed by atoms with E-state index in [9.17, 15) is 0 Å². The van der Waals surface area contributed by atoms with Gasteiger partial charge in [0, 0.05) is 12.6 Å². The first-order valence-electron chi connectivity index (χ1n) is 5.77. The lowest BCUT2D eigenvalue weighted by Gasteiger charge is -2.06. The van der Waals surface area contributed by atoms with Crippen molar-refractivity contribution in [2.45, 2.75) is 38.1 Å². The molecular weight excluding hydrogens is 220 g/mol. The molecule has 0 aliphatic rings. The van der Waals surface area contributed by atoms with Crippen LogP contribution < -0.4 is 11.1 Å². The minimum Gasteiger partial charge on any atom is -0.370 e. The maximum atomic E-state index is 5.64. The quantitative estimate of drug-likeness (QED) is 0.436. The Balaban J connectivity index is 2.51. The van der Waals surface area contributed by atoms with E-state index in [1.54, 1.807) is 11.8 Å². The van der Waals surface area contributed by atoms with Gasteiger partial charge >= 0.3 is 0 Å². The molecular formula is C11H20N4S. The van der Waals surface area contributed by atoms with Crippen LogP contribution in [0.4, 0.5) is 11.8 Å². The molecule has 16 heavy (non-hydrogen) atoms. The van der Waals surface area contributed by atoms with Gasteiger partial charge in [-0.05, 0) is 19.1 Å². The summed E-state index contributed by atoms with van der Waals surface area (Å²) in [5.41, 5.74) is 5.64. The van der Waals surface area contributed by atoms with Gasteiger partial charge in [0.05, 0.1) is 0 Å². The molecule has 0 aliphatic carbocycles. The highest BCUT2D eigenvalue weighted by Gasteiger charge is 2.02. The van der Waals surface area contributed by atoms with Gasteiger partial charge in [-0.3, -0.25) is 0 Å². The van der Waals surface area contributed by atoms with E-state index in [-0.39, 0.29) is 0 Å². The van der Waals surface area contributed by atoms with Crippen molar-refractivity contribution in [2.24, 2.45) is 0 Å². The fraction of sp³-hybridized carbons (Fsp3) is 0.636. The molecule has 0 fully saturated rings. The molecule has 1 aromatic rings. The van der Waals surface area contributed by atoms with Gasteiger partial charge in [-0.25, -0.2) is 4.98 Å². The first kappa shape index (κ1) is 13.1. The summed E-state index contributed by atoms with van der Waals surface area (Å²) >= 11 is 1.74. The van der Waals surface area contributed by atoms with Crippen molar-refractivity contribution >= 4 is 23.5 Å². The number of aromatic nitrogens is 2. The molecule has 0 aliphatic heterocycles. The molecule has 0 spiro atoms. The largest absolute Gasteiger partial charge is 0.370 e. The predicted octanol–water partition coefficient (Wildman–Crippen LogP) is 2.77. The minimum atomic E-state index is 0.344. The molecule has 0 radical (unpaired) electrons. The zero-order valence-electron chi connectivity index (χ0n) is 9.99. The second kappa shape index (κ2) is 7.33. The number of hydrogen-bond acceptors (Lipinski definition) is 5. The van der Waals surface area contributed by atoms with Crippen LogP contribution >= 0.6 is 11.8 Å². The van der Waals surface area contributed by atoms with Gasteiger partial charge in [0.15, 0.2) is 0 Å². The van der Waals surface area contributed by atoms with Crippen molar-refractivity contribution in [3.63, 3.8) is 0 Å². The first-order chi connectivity index (χ1) is 7.76. The summed E-state index contributed by atoms with van der Waals surface area (Å²) in [5.74, 6) is 2.25. The summed E-state index contributed by atoms with van der Waals surface area (Å²) < 4.78 is 0. The maximum absolute atomic E-state index is 5.64. The van der Waals surface area contributed by atoms with E-state index in [2.05, 4.69) is 22.2 Å². The number of nitrogens with two attached hydrogens (primary N) is 1. The second-order valence-corrected chi connectivity index (χ2v) is 4.65. The SMILES string of the molecule is CCCCCSc1cc(NCC)nc(N)n1. The minimum absolute atomic E-state index is 0.344. The van der Waals surface area contributed by atoms with Crippen LogP contribution in [0.3, 0.4) is 0 Å². The Morgan fingerprint density at radius 2 is 2.12 bits per heavy atom. The monoisotopic (exact) mass is 240 g/mol. The third-order valence-electron chi connectivity index (χ3n) is 2.08. The molecule has 0 unspecified atom stereocenters. The highest BCUT2D eigenvalue weighted by molar-refractivity contribution is 7.99. The summed E-state index contributed by atoms with van der Waals surface area (Å²) in [7, 11) is 0. The standard InChI is InChI=1S/C11H20N4S/c1-3-5-6-7-16-10-8-9(13-4-2)14-11(12)15-10/h8H,3-7H2,1-2H3,(H3,12,13,14,15). The second-order valence-electron chi connectivity index (χ2n) is 3.54. The third kappa shape index (κ3) is 4.70. The predicted molar refractivity (Wildman–Crippen MR) is 70.9 cm³/mol. The highest BCUT2D eigenvalue weighted by Crippen LogP contribution is 2.20. The Morgan fingerprint density at radius 1 is 1.31 bits per heavy atom. The number of anilines is 2. The zero-order valence-corrected chi connectivity index (χ0v) is 10.8. The van der Waals surface area contributed by atoms with E-state index in [4.69, 9.17) is 5.73 Å². The van der Waals surface area contributed by atoms with Crippen LogP contribution in [0.2, 0.25) is 0 Å². The third-order valence-corrected chi connectivity index (χ3v) is 3.07. The number of nitrogen functional groups attached to an aromatic ring is 1. The van der Waals surface area contributed by atoms with E-state index >= 15 is 0 Å². The van der Waals surface area contributed by atoms with Gasteiger partial charge in [-0.15, -0.1) is 11.8 Å². The van der Waals surface area contributed by atoms with Crippen LogP contribution in [0.25, 0.3) is 0 Å². The van der Waals surface area contributed by atoms with Crippen molar-refractivity contribution in [1.82, 2.24) is 9.97 Å². The van der Waals surface area contributed by atoms with E-state index in [0.29, 0.717) is 5.95 Å². The maximum Gasteiger partial charge on any atom is 0.223 e. The van der Waals surface area contributed by atoms with Crippen molar-refractivity contribution in [3.05, 3.63) is 6.07 Å². The smallest absolute Gasteiger partial charge is 0.223 e. The fourth-order valence-corrected chi connectivity index (χ4v) is 2.23. The molecule has 0 bridgehead atoms. The number of nitrogens with zero attached hydrogens (tertiary/aromatic N) is 2. The average molecular weight is 240 g/mol. The van der Waals surface area contributed by atoms with Crippen LogP contribution in [-0.2, 0) is 0 Å². The van der Waals surface area contributed by atoms with Crippen LogP contribution in [-0.4, -0.2) is 22.3 Å². The van der Waals surface area contributed by atoms with Crippen LogP contribution in [0.5, 0.6) is 0 Å². The molecule has 1 rings (SSSR count). The summed E-state index contributed by atoms with van der Waals surface area (Å²) in [4.78, 5) is 8.31. The molecule has 0 saturated carbocycles. The molecule has 5 heteroatoms. The van der Waals surface area contributed by atoms with Gasteiger partial charge in [-0.2, -0.15) is 4.98 Å². The molecule has 90 valence electrons. The molecule has 0 amide bonds. The van der Waals surface area contributed by atoms with Crippen molar-refractivity contribution in [1.29, 1.82) is 0 Å². The fourth-order valence-electron chi connectivity index (χ4n) is 1.32. The lowest BCUT2D eigenvalue weighted by Crippen LogP contribution is -2.04. The van der Waals surface area contributed by atoms with E-state index < -0.39 is 0 Å². The van der Waals surface area contributed by atoms with Crippen LogP contribution in [0, 0.1) is 0 Å². The van der Waals surface area contributed by atoms with E-state index in [0.717, 1.165) is 23.1 Å². The van der Waals surface area contributed by atoms with Gasteiger partial charge in [0.25, 0.3) is 0 Å². The van der Waals surface area contributed by atoms with Gasteiger partial charge in [0.1, 0.15) is 10.8 Å².